The highest BCUT2D eigenvalue weighted by molar-refractivity contribution is 5.86. The molecule has 0 amide bonds. The van der Waals surface area contributed by atoms with Crippen molar-refractivity contribution < 1.29 is 4.39 Å². The monoisotopic (exact) mass is 435 g/mol. The Bertz CT molecular complexity index is 1330. The number of hydrogen-bond acceptors (Lipinski definition) is 3. The molecule has 7 heteroatoms. The van der Waals surface area contributed by atoms with Gasteiger partial charge < -0.3 is 9.47 Å². The molecule has 0 radical (unpaired) electrons. The molecular formula is C25H30FN5O. The van der Waals surface area contributed by atoms with Gasteiger partial charge in [-0.2, -0.15) is 0 Å². The average molecular weight is 436 g/mol. The summed E-state index contributed by atoms with van der Waals surface area (Å²) in [6.45, 7) is 8.60. The van der Waals surface area contributed by atoms with Gasteiger partial charge in [0.05, 0.1) is 28.7 Å². The number of rotatable bonds is 7. The number of likely N-dealkylation sites (N-methyl/N-ethyl adjacent to an activating group) is 1. The predicted octanol–water partition coefficient (Wildman–Crippen LogP) is 4.38. The number of nitrogens with zero attached hydrogens (tertiary/aromatic N) is 5. The lowest BCUT2D eigenvalue weighted by molar-refractivity contribution is 0.385. The quantitative estimate of drug-likeness (QED) is 0.433. The highest BCUT2D eigenvalue weighted by Crippen LogP contribution is 2.33. The van der Waals surface area contributed by atoms with E-state index in [-0.39, 0.29) is 11.5 Å². The molecule has 0 unspecified atom stereocenters. The molecule has 0 atom stereocenters. The number of benzene rings is 2. The van der Waals surface area contributed by atoms with Crippen LogP contribution in [0.2, 0.25) is 0 Å². The van der Waals surface area contributed by atoms with Crippen molar-refractivity contribution in [2.24, 2.45) is 0 Å². The number of aromatic nitrogens is 4. The van der Waals surface area contributed by atoms with Crippen LogP contribution in [0.5, 0.6) is 0 Å². The van der Waals surface area contributed by atoms with Crippen molar-refractivity contribution >= 4 is 11.0 Å². The Kier molecular flexibility index (Phi) is 6.02. The van der Waals surface area contributed by atoms with Gasteiger partial charge in [-0.15, -0.1) is 0 Å². The molecule has 0 aliphatic carbocycles. The summed E-state index contributed by atoms with van der Waals surface area (Å²) >= 11 is 0. The number of halogens is 1. The Balaban J connectivity index is 1.94. The van der Waals surface area contributed by atoms with E-state index in [9.17, 15) is 9.18 Å². The molecule has 0 spiro atoms. The van der Waals surface area contributed by atoms with E-state index in [2.05, 4.69) is 21.6 Å². The topological polar surface area (TPSA) is 48.0 Å². The molecule has 32 heavy (non-hydrogen) atoms. The number of hydrogen-bond donors (Lipinski definition) is 0. The highest BCUT2D eigenvalue weighted by Gasteiger charge is 2.19. The Morgan fingerprint density at radius 1 is 0.969 bits per heavy atom. The minimum absolute atomic E-state index is 0.0117. The van der Waals surface area contributed by atoms with Crippen LogP contribution in [0.4, 0.5) is 4.39 Å². The molecule has 0 fully saturated rings. The van der Waals surface area contributed by atoms with Crippen LogP contribution in [0.15, 0.2) is 47.5 Å². The Hall–Kier alpha value is -3.19. The van der Waals surface area contributed by atoms with Crippen LogP contribution < -0.4 is 5.69 Å². The maximum Gasteiger partial charge on any atom is 0.329 e. The van der Waals surface area contributed by atoms with Crippen molar-refractivity contribution in [1.29, 1.82) is 0 Å². The van der Waals surface area contributed by atoms with Gasteiger partial charge in [0.1, 0.15) is 5.82 Å². The second-order valence-corrected chi connectivity index (χ2v) is 8.38. The van der Waals surface area contributed by atoms with Crippen molar-refractivity contribution in [3.05, 3.63) is 64.6 Å². The maximum atomic E-state index is 13.9. The van der Waals surface area contributed by atoms with Gasteiger partial charge >= 0.3 is 5.69 Å². The summed E-state index contributed by atoms with van der Waals surface area (Å²) in [7, 11) is 4.08. The molecule has 0 N–H and O–H groups in total. The number of aryl methyl sites for hydroxylation is 3. The molecule has 168 valence electrons. The van der Waals surface area contributed by atoms with E-state index in [1.54, 1.807) is 17.6 Å². The molecule has 0 aliphatic heterocycles. The highest BCUT2D eigenvalue weighted by atomic mass is 19.1. The molecule has 0 aliphatic rings. The zero-order valence-corrected chi connectivity index (χ0v) is 19.4. The van der Waals surface area contributed by atoms with Crippen LogP contribution in [-0.2, 0) is 19.6 Å². The summed E-state index contributed by atoms with van der Waals surface area (Å²) in [6, 6.07) is 11.3. The number of fused-ring (bicyclic) bond motifs is 1. The Labute approximate surface area is 187 Å². The van der Waals surface area contributed by atoms with Crippen molar-refractivity contribution in [1.82, 2.24) is 23.6 Å². The lowest BCUT2D eigenvalue weighted by Crippen LogP contribution is -2.23. The molecule has 2 aromatic carbocycles. The number of imidazole rings is 2. The standard InChI is InChI=1S/C25H30FN5O/c1-6-30-21-11-9-19(15-22(21)31(7-2)25(30)32)24-23(18-8-10-20(26)17(3)14-18)27-16-29(24)13-12-28(4)5/h8-11,14-16H,6-7,12-13H2,1-5H3. The molecule has 0 bridgehead atoms. The lowest BCUT2D eigenvalue weighted by atomic mass is 10.0. The molecule has 2 aromatic heterocycles. The van der Waals surface area contributed by atoms with Gasteiger partial charge in [-0.25, -0.2) is 14.2 Å². The van der Waals surface area contributed by atoms with Crippen molar-refractivity contribution in [3.8, 4) is 22.5 Å². The minimum atomic E-state index is -0.225. The second kappa shape index (κ2) is 8.74. The minimum Gasteiger partial charge on any atom is -0.329 e. The lowest BCUT2D eigenvalue weighted by Gasteiger charge is -2.14. The fraction of sp³-hybridized carbons (Fsp3) is 0.360. The molecule has 6 nitrogen and oxygen atoms in total. The first-order valence-corrected chi connectivity index (χ1v) is 11.1. The van der Waals surface area contributed by atoms with Crippen molar-refractivity contribution in [3.63, 3.8) is 0 Å². The SMILES string of the molecule is CCn1c(=O)n(CC)c2cc(-c3c(-c4ccc(F)c(C)c4)ncn3CCN(C)C)ccc21. The first-order valence-electron chi connectivity index (χ1n) is 11.1. The van der Waals surface area contributed by atoms with E-state index in [0.29, 0.717) is 18.7 Å². The first-order chi connectivity index (χ1) is 15.3. The zero-order valence-electron chi connectivity index (χ0n) is 19.4. The van der Waals surface area contributed by atoms with Gasteiger partial charge in [0, 0.05) is 37.3 Å². The Morgan fingerprint density at radius 2 is 1.66 bits per heavy atom. The summed E-state index contributed by atoms with van der Waals surface area (Å²) in [5.41, 5.74) is 6.10. The third kappa shape index (κ3) is 3.77. The van der Waals surface area contributed by atoms with Gasteiger partial charge in [0.2, 0.25) is 0 Å². The van der Waals surface area contributed by atoms with Gasteiger partial charge in [-0.3, -0.25) is 9.13 Å². The van der Waals surface area contributed by atoms with Gasteiger partial charge in [-0.1, -0.05) is 6.07 Å². The predicted molar refractivity (Wildman–Crippen MR) is 127 cm³/mol. The van der Waals surface area contributed by atoms with Gasteiger partial charge in [-0.05, 0) is 70.8 Å². The zero-order chi connectivity index (χ0) is 23.0. The van der Waals surface area contributed by atoms with Crippen LogP contribution in [0.25, 0.3) is 33.5 Å². The van der Waals surface area contributed by atoms with Crippen LogP contribution in [-0.4, -0.2) is 44.2 Å². The maximum absolute atomic E-state index is 13.9. The Morgan fingerprint density at radius 3 is 2.31 bits per heavy atom. The molecule has 0 saturated carbocycles. The molecule has 4 aromatic rings. The van der Waals surface area contributed by atoms with Gasteiger partial charge in [0.15, 0.2) is 0 Å². The van der Waals surface area contributed by atoms with Crippen LogP contribution >= 0.6 is 0 Å². The van der Waals surface area contributed by atoms with E-state index >= 15 is 0 Å². The smallest absolute Gasteiger partial charge is 0.329 e. The summed E-state index contributed by atoms with van der Waals surface area (Å²) in [6.07, 6.45) is 1.85. The van der Waals surface area contributed by atoms with Crippen LogP contribution in [0.1, 0.15) is 19.4 Å². The van der Waals surface area contributed by atoms with E-state index in [1.165, 1.54) is 6.07 Å². The molecule has 2 heterocycles. The molecule has 4 rings (SSSR count). The third-order valence-corrected chi connectivity index (χ3v) is 5.98. The molecule has 0 saturated heterocycles. The van der Waals surface area contributed by atoms with E-state index in [1.807, 2.05) is 51.0 Å². The van der Waals surface area contributed by atoms with E-state index < -0.39 is 0 Å². The first kappa shape index (κ1) is 22.0. The summed E-state index contributed by atoms with van der Waals surface area (Å²) in [5, 5.41) is 0. The fourth-order valence-electron chi connectivity index (χ4n) is 4.24. The van der Waals surface area contributed by atoms with Gasteiger partial charge in [0.25, 0.3) is 0 Å². The van der Waals surface area contributed by atoms with Crippen molar-refractivity contribution in [2.45, 2.75) is 40.4 Å². The fourth-order valence-corrected chi connectivity index (χ4v) is 4.24. The largest absolute Gasteiger partial charge is 0.329 e. The van der Waals surface area contributed by atoms with Crippen LogP contribution in [0, 0.1) is 12.7 Å². The van der Waals surface area contributed by atoms with Crippen molar-refractivity contribution in [2.75, 3.05) is 20.6 Å². The third-order valence-electron chi connectivity index (χ3n) is 5.98. The average Bonchev–Trinajstić information content (AvgIpc) is 3.31. The van der Waals surface area contributed by atoms with E-state index in [0.717, 1.165) is 46.6 Å². The normalized spacial score (nSPS) is 11.7. The van der Waals surface area contributed by atoms with Crippen LogP contribution in [0.3, 0.4) is 0 Å². The summed E-state index contributed by atoms with van der Waals surface area (Å²) in [4.78, 5) is 19.7. The van der Waals surface area contributed by atoms with E-state index in [4.69, 9.17) is 4.98 Å². The summed E-state index contributed by atoms with van der Waals surface area (Å²) < 4.78 is 19.7. The molecular weight excluding hydrogens is 405 g/mol. The second-order valence-electron chi connectivity index (χ2n) is 8.38. The summed E-state index contributed by atoms with van der Waals surface area (Å²) in [5.74, 6) is -0.225.